The lowest BCUT2D eigenvalue weighted by Gasteiger charge is -2.15. The van der Waals surface area contributed by atoms with Crippen LogP contribution >= 0.6 is 0 Å². The first-order valence-electron chi connectivity index (χ1n) is 8.74. The molecule has 3 nitrogen and oxygen atoms in total. The van der Waals surface area contributed by atoms with Crippen LogP contribution in [0.15, 0.2) is 71.7 Å². The molecule has 0 amide bonds. The number of hydrogen-bond donors (Lipinski definition) is 1. The zero-order valence-electron chi connectivity index (χ0n) is 15.7. The van der Waals surface area contributed by atoms with E-state index in [4.69, 9.17) is 4.74 Å². The highest BCUT2D eigenvalue weighted by Crippen LogP contribution is 2.24. The molecule has 0 aliphatic carbocycles. The fraction of sp³-hybridized carbons (Fsp3) is 0.174. The maximum absolute atomic E-state index is 6.18. The molecule has 0 aliphatic heterocycles. The van der Waals surface area contributed by atoms with E-state index >= 15 is 0 Å². The second-order valence-electron chi connectivity index (χ2n) is 6.57. The first-order valence-corrected chi connectivity index (χ1v) is 8.74. The summed E-state index contributed by atoms with van der Waals surface area (Å²) in [4.78, 5) is 4.68. The van der Waals surface area contributed by atoms with Crippen LogP contribution in [0.2, 0.25) is 0 Å². The normalized spacial score (nSPS) is 11.3. The van der Waals surface area contributed by atoms with Crippen LogP contribution in [0.5, 0.6) is 5.75 Å². The van der Waals surface area contributed by atoms with Gasteiger partial charge < -0.3 is 10.1 Å². The van der Waals surface area contributed by atoms with E-state index in [0.29, 0.717) is 6.02 Å². The molecule has 0 aliphatic rings. The molecule has 0 saturated carbocycles. The average Bonchev–Trinajstić information content (AvgIpc) is 2.62. The number of benzene rings is 3. The van der Waals surface area contributed by atoms with Gasteiger partial charge in [-0.3, -0.25) is 0 Å². The monoisotopic (exact) mass is 344 g/mol. The lowest BCUT2D eigenvalue weighted by atomic mass is 10.1. The number of anilines is 1. The van der Waals surface area contributed by atoms with Gasteiger partial charge in [0.25, 0.3) is 6.02 Å². The smallest absolute Gasteiger partial charge is 0.300 e. The van der Waals surface area contributed by atoms with Crippen molar-refractivity contribution >= 4 is 17.4 Å². The Hall–Kier alpha value is -3.07. The number of nitrogens with one attached hydrogen (secondary N) is 1. The van der Waals surface area contributed by atoms with Crippen LogP contribution in [0.25, 0.3) is 0 Å². The van der Waals surface area contributed by atoms with E-state index in [1.807, 2.05) is 68.4 Å². The van der Waals surface area contributed by atoms with Gasteiger partial charge in [-0.15, -0.1) is 0 Å². The van der Waals surface area contributed by atoms with Gasteiger partial charge in [0.15, 0.2) is 0 Å². The predicted octanol–water partition coefficient (Wildman–Crippen LogP) is 6.10. The van der Waals surface area contributed by atoms with Crippen molar-refractivity contribution in [3.8, 4) is 5.75 Å². The second kappa shape index (κ2) is 7.87. The number of nitrogens with zero attached hydrogens (tertiary/aromatic N) is 1. The Balaban J connectivity index is 1.95. The average molecular weight is 344 g/mol. The Morgan fingerprint density at radius 2 is 1.27 bits per heavy atom. The van der Waals surface area contributed by atoms with Gasteiger partial charge in [-0.25, -0.2) is 0 Å². The van der Waals surface area contributed by atoms with Gasteiger partial charge >= 0.3 is 0 Å². The predicted molar refractivity (Wildman–Crippen MR) is 110 cm³/mol. The summed E-state index contributed by atoms with van der Waals surface area (Å²) < 4.78 is 6.18. The van der Waals surface area contributed by atoms with Crippen molar-refractivity contribution in [1.82, 2.24) is 0 Å². The lowest BCUT2D eigenvalue weighted by molar-refractivity contribution is 0.540. The molecule has 0 atom stereocenters. The van der Waals surface area contributed by atoms with Crippen LogP contribution in [0.3, 0.4) is 0 Å². The molecule has 0 fully saturated rings. The van der Waals surface area contributed by atoms with E-state index in [9.17, 15) is 0 Å². The van der Waals surface area contributed by atoms with Crippen LogP contribution in [0.1, 0.15) is 22.3 Å². The topological polar surface area (TPSA) is 33.6 Å². The molecule has 3 aromatic rings. The van der Waals surface area contributed by atoms with E-state index in [2.05, 4.69) is 36.3 Å². The van der Waals surface area contributed by atoms with Crippen molar-refractivity contribution in [3.05, 3.63) is 89.0 Å². The van der Waals surface area contributed by atoms with Crippen molar-refractivity contribution in [3.63, 3.8) is 0 Å². The first kappa shape index (κ1) is 17.7. The summed E-state index contributed by atoms with van der Waals surface area (Å²) in [5, 5.41) is 3.30. The minimum Gasteiger partial charge on any atom is -0.425 e. The van der Waals surface area contributed by atoms with Crippen molar-refractivity contribution in [2.24, 2.45) is 4.99 Å². The van der Waals surface area contributed by atoms with E-state index in [1.54, 1.807) is 0 Å². The number of para-hydroxylation sites is 1. The molecule has 0 heterocycles. The third kappa shape index (κ3) is 4.51. The SMILES string of the molecule is Cc1ccc(N=C(Nc2ccc(C)cc2)Oc2c(C)cccc2C)cc1. The summed E-state index contributed by atoms with van der Waals surface area (Å²) in [5.74, 6) is 0.831. The van der Waals surface area contributed by atoms with E-state index in [0.717, 1.165) is 28.3 Å². The Morgan fingerprint density at radius 1 is 0.731 bits per heavy atom. The number of aryl methyl sites for hydroxylation is 4. The van der Waals surface area contributed by atoms with Gasteiger partial charge in [0.1, 0.15) is 5.75 Å². The van der Waals surface area contributed by atoms with Crippen molar-refractivity contribution < 1.29 is 4.74 Å². The lowest BCUT2D eigenvalue weighted by Crippen LogP contribution is -2.20. The molecule has 1 N–H and O–H groups in total. The molecule has 0 unspecified atom stereocenters. The Kier molecular flexibility index (Phi) is 5.37. The minimum absolute atomic E-state index is 0.454. The van der Waals surface area contributed by atoms with Crippen LogP contribution < -0.4 is 10.1 Å². The molecule has 3 heteroatoms. The molecule has 3 aromatic carbocycles. The van der Waals surface area contributed by atoms with Crippen molar-refractivity contribution in [2.45, 2.75) is 27.7 Å². The molecule has 0 aromatic heterocycles. The quantitative estimate of drug-likeness (QED) is 0.460. The fourth-order valence-electron chi connectivity index (χ4n) is 2.63. The number of aliphatic imine (C=N–C) groups is 1. The molecule has 0 bridgehead atoms. The Labute approximate surface area is 155 Å². The van der Waals surface area contributed by atoms with Gasteiger partial charge in [-0.1, -0.05) is 53.6 Å². The molecule has 0 radical (unpaired) electrons. The molecular formula is C23H24N2O. The van der Waals surface area contributed by atoms with Crippen molar-refractivity contribution in [2.75, 3.05) is 5.32 Å². The van der Waals surface area contributed by atoms with Crippen LogP contribution in [0.4, 0.5) is 11.4 Å². The summed E-state index contributed by atoms with van der Waals surface area (Å²) in [7, 11) is 0. The van der Waals surface area contributed by atoms with Crippen LogP contribution in [-0.2, 0) is 0 Å². The summed E-state index contributed by atoms with van der Waals surface area (Å²) in [6, 6.07) is 22.8. The molecular weight excluding hydrogens is 320 g/mol. The molecule has 0 saturated heterocycles. The zero-order chi connectivity index (χ0) is 18.5. The van der Waals surface area contributed by atoms with E-state index < -0.39 is 0 Å². The molecule has 132 valence electrons. The molecule has 26 heavy (non-hydrogen) atoms. The maximum Gasteiger partial charge on any atom is 0.300 e. The number of amidine groups is 1. The highest BCUT2D eigenvalue weighted by Gasteiger charge is 2.09. The molecule has 0 spiro atoms. The molecule has 3 rings (SSSR count). The zero-order valence-corrected chi connectivity index (χ0v) is 15.7. The summed E-state index contributed by atoms with van der Waals surface area (Å²) in [6.07, 6.45) is 0. The third-order valence-corrected chi connectivity index (χ3v) is 4.17. The highest BCUT2D eigenvalue weighted by molar-refractivity contribution is 5.92. The van der Waals surface area contributed by atoms with Gasteiger partial charge in [0.2, 0.25) is 0 Å². The van der Waals surface area contributed by atoms with Gasteiger partial charge in [0.05, 0.1) is 5.69 Å². The van der Waals surface area contributed by atoms with E-state index in [-0.39, 0.29) is 0 Å². The van der Waals surface area contributed by atoms with Crippen molar-refractivity contribution in [1.29, 1.82) is 0 Å². The third-order valence-electron chi connectivity index (χ3n) is 4.17. The van der Waals surface area contributed by atoms with Crippen LogP contribution in [-0.4, -0.2) is 6.02 Å². The summed E-state index contributed by atoms with van der Waals surface area (Å²) in [5.41, 5.74) is 6.35. The standard InChI is InChI=1S/C23H24N2O/c1-16-8-12-20(13-9-16)24-23(25-21-14-10-17(2)11-15-21)26-22-18(3)6-5-7-19(22)4/h5-15H,1-4H3,(H,24,25). The maximum atomic E-state index is 6.18. The largest absolute Gasteiger partial charge is 0.425 e. The van der Waals surface area contributed by atoms with Gasteiger partial charge in [-0.2, -0.15) is 4.99 Å². The van der Waals surface area contributed by atoms with Gasteiger partial charge in [0, 0.05) is 5.69 Å². The summed E-state index contributed by atoms with van der Waals surface area (Å²) >= 11 is 0. The minimum atomic E-state index is 0.454. The fourth-order valence-corrected chi connectivity index (χ4v) is 2.63. The number of rotatable bonds is 3. The highest BCUT2D eigenvalue weighted by atomic mass is 16.5. The Morgan fingerprint density at radius 3 is 1.85 bits per heavy atom. The second-order valence-corrected chi connectivity index (χ2v) is 6.57. The van der Waals surface area contributed by atoms with Crippen LogP contribution in [0, 0.1) is 27.7 Å². The number of hydrogen-bond acceptors (Lipinski definition) is 2. The van der Waals surface area contributed by atoms with Gasteiger partial charge in [-0.05, 0) is 63.1 Å². The first-order chi connectivity index (χ1) is 12.5. The number of ether oxygens (including phenoxy) is 1. The van der Waals surface area contributed by atoms with E-state index in [1.165, 1.54) is 11.1 Å². The summed E-state index contributed by atoms with van der Waals surface area (Å²) in [6.45, 7) is 8.21. The Bertz CT molecular complexity index is 890.